The van der Waals surface area contributed by atoms with Crippen molar-refractivity contribution in [1.82, 2.24) is 0 Å². The highest BCUT2D eigenvalue weighted by atomic mass is 16.7. The second-order valence-electron chi connectivity index (χ2n) is 8.37. The predicted molar refractivity (Wildman–Crippen MR) is 93.6 cm³/mol. The van der Waals surface area contributed by atoms with E-state index in [9.17, 15) is 10.2 Å². The van der Waals surface area contributed by atoms with Crippen LogP contribution < -0.4 is 0 Å². The molecule has 4 atom stereocenters. The molecule has 2 N–H and O–H groups in total. The van der Waals surface area contributed by atoms with Gasteiger partial charge >= 0.3 is 0 Å². The van der Waals surface area contributed by atoms with E-state index >= 15 is 0 Å². The fraction of sp³-hybridized carbons (Fsp3) is 0.800. The molecule has 0 spiro atoms. The van der Waals surface area contributed by atoms with Crippen LogP contribution in [-0.2, 0) is 4.74 Å². The molecule has 0 amide bonds. The van der Waals surface area contributed by atoms with Crippen LogP contribution in [0.4, 0.5) is 0 Å². The molecule has 0 saturated heterocycles. The Balaban J connectivity index is 2.38. The van der Waals surface area contributed by atoms with E-state index in [1.807, 2.05) is 26.0 Å². The minimum Gasteiger partial charge on any atom is -0.362 e. The summed E-state index contributed by atoms with van der Waals surface area (Å²) in [5, 5.41) is 22.6. The maximum Gasteiger partial charge on any atom is 0.192 e. The summed E-state index contributed by atoms with van der Waals surface area (Å²) >= 11 is 0. The first-order valence-electron chi connectivity index (χ1n) is 9.09. The lowest BCUT2D eigenvalue weighted by atomic mass is 9.75. The van der Waals surface area contributed by atoms with Crippen molar-refractivity contribution in [3.8, 4) is 0 Å². The van der Waals surface area contributed by atoms with Crippen LogP contribution in [0.25, 0.3) is 0 Å². The monoisotopic (exact) mass is 322 g/mol. The minimum atomic E-state index is -1.40. The van der Waals surface area contributed by atoms with Gasteiger partial charge in [-0.3, -0.25) is 0 Å². The van der Waals surface area contributed by atoms with Crippen molar-refractivity contribution >= 4 is 0 Å². The first-order chi connectivity index (χ1) is 10.6. The van der Waals surface area contributed by atoms with Crippen molar-refractivity contribution in [2.24, 2.45) is 23.7 Å². The molecule has 2 aliphatic carbocycles. The van der Waals surface area contributed by atoms with E-state index in [1.54, 1.807) is 0 Å². The third-order valence-corrected chi connectivity index (χ3v) is 5.60. The molecule has 4 unspecified atom stereocenters. The SMILES string of the molecule is CC1=CC(O)(OC2(O)C=C(C)CCC2C(C)C)C(C(C)C)CC1. The Morgan fingerprint density at radius 2 is 1.22 bits per heavy atom. The number of hydrogen-bond acceptors (Lipinski definition) is 3. The average molecular weight is 322 g/mol. The zero-order valence-corrected chi connectivity index (χ0v) is 15.6. The van der Waals surface area contributed by atoms with Crippen molar-refractivity contribution in [1.29, 1.82) is 0 Å². The van der Waals surface area contributed by atoms with Gasteiger partial charge in [-0.15, -0.1) is 0 Å². The zero-order chi connectivity index (χ0) is 17.4. The maximum absolute atomic E-state index is 11.3. The molecular formula is C20H34O3. The number of aliphatic hydroxyl groups is 2. The number of rotatable bonds is 4. The van der Waals surface area contributed by atoms with Crippen molar-refractivity contribution in [3.05, 3.63) is 23.3 Å². The van der Waals surface area contributed by atoms with Crippen molar-refractivity contribution in [2.45, 2.75) is 78.8 Å². The lowest BCUT2D eigenvalue weighted by Gasteiger charge is -2.48. The molecular weight excluding hydrogens is 288 g/mol. The molecule has 3 heteroatoms. The van der Waals surface area contributed by atoms with E-state index in [1.165, 1.54) is 0 Å². The van der Waals surface area contributed by atoms with Crippen LogP contribution in [0, 0.1) is 23.7 Å². The Morgan fingerprint density at radius 3 is 1.52 bits per heavy atom. The smallest absolute Gasteiger partial charge is 0.192 e. The molecule has 0 radical (unpaired) electrons. The topological polar surface area (TPSA) is 49.7 Å². The fourth-order valence-corrected chi connectivity index (χ4v) is 4.34. The Kier molecular flexibility index (Phi) is 5.44. The Bertz CT molecular complexity index is 447. The van der Waals surface area contributed by atoms with Crippen LogP contribution in [0.2, 0.25) is 0 Å². The highest BCUT2D eigenvalue weighted by Crippen LogP contribution is 2.45. The molecule has 0 bridgehead atoms. The summed E-state index contributed by atoms with van der Waals surface area (Å²) in [6.45, 7) is 12.5. The first kappa shape index (κ1) is 18.7. The predicted octanol–water partition coefficient (Wildman–Crippen LogP) is 4.40. The lowest BCUT2D eigenvalue weighted by Crippen LogP contribution is -2.54. The van der Waals surface area contributed by atoms with Gasteiger partial charge in [0.2, 0.25) is 0 Å². The molecule has 0 saturated carbocycles. The number of ether oxygens (including phenoxy) is 1. The normalized spacial score (nSPS) is 38.7. The number of hydrogen-bond donors (Lipinski definition) is 2. The summed E-state index contributed by atoms with van der Waals surface area (Å²) in [4.78, 5) is 0. The molecule has 0 aromatic rings. The summed E-state index contributed by atoms with van der Waals surface area (Å²) < 4.78 is 6.15. The zero-order valence-electron chi connectivity index (χ0n) is 15.6. The van der Waals surface area contributed by atoms with Gasteiger partial charge in [0.1, 0.15) is 0 Å². The molecule has 23 heavy (non-hydrogen) atoms. The van der Waals surface area contributed by atoms with Crippen LogP contribution in [-0.4, -0.2) is 21.8 Å². The van der Waals surface area contributed by atoms with Gasteiger partial charge in [-0.05, 0) is 63.5 Å². The highest BCUT2D eigenvalue weighted by molar-refractivity contribution is 5.17. The van der Waals surface area contributed by atoms with Crippen molar-refractivity contribution in [3.63, 3.8) is 0 Å². The Hall–Kier alpha value is -0.640. The van der Waals surface area contributed by atoms with Crippen molar-refractivity contribution < 1.29 is 14.9 Å². The summed E-state index contributed by atoms with van der Waals surface area (Å²) in [6.07, 6.45) is 7.40. The highest BCUT2D eigenvalue weighted by Gasteiger charge is 2.50. The molecule has 0 heterocycles. The quantitative estimate of drug-likeness (QED) is 0.595. The summed E-state index contributed by atoms with van der Waals surface area (Å²) in [7, 11) is 0. The summed E-state index contributed by atoms with van der Waals surface area (Å²) in [5.41, 5.74) is 2.26. The maximum atomic E-state index is 11.3. The van der Waals surface area contributed by atoms with Gasteiger partial charge in [0.15, 0.2) is 11.6 Å². The van der Waals surface area contributed by atoms with Crippen LogP contribution in [0.3, 0.4) is 0 Å². The van der Waals surface area contributed by atoms with E-state index < -0.39 is 11.6 Å². The van der Waals surface area contributed by atoms with Gasteiger partial charge in [0.05, 0.1) is 0 Å². The molecule has 2 aliphatic rings. The Labute approximate surface area is 141 Å². The van der Waals surface area contributed by atoms with Crippen LogP contribution in [0.1, 0.15) is 67.2 Å². The van der Waals surface area contributed by atoms with Gasteiger partial charge in [0.25, 0.3) is 0 Å². The third kappa shape index (κ3) is 3.89. The number of allylic oxidation sites excluding steroid dienone is 2. The standard InChI is InChI=1S/C20H34O3/c1-13(2)17-9-7-15(5)11-19(17,21)23-20(22)12-16(6)8-10-18(20)14(3)4/h11-14,17-18,21-22H,7-10H2,1-6H3. The minimum absolute atomic E-state index is 0.00123. The van der Waals surface area contributed by atoms with Gasteiger partial charge in [-0.1, -0.05) is 38.8 Å². The average Bonchev–Trinajstić information content (AvgIpc) is 2.35. The fourth-order valence-electron chi connectivity index (χ4n) is 4.34. The molecule has 0 aliphatic heterocycles. The van der Waals surface area contributed by atoms with E-state index in [0.717, 1.165) is 36.8 Å². The summed E-state index contributed by atoms with van der Waals surface area (Å²) in [5.74, 6) is -2.21. The lowest BCUT2D eigenvalue weighted by molar-refractivity contribution is -0.339. The van der Waals surface area contributed by atoms with E-state index in [-0.39, 0.29) is 11.8 Å². The molecule has 2 rings (SSSR count). The van der Waals surface area contributed by atoms with E-state index in [0.29, 0.717) is 11.8 Å². The third-order valence-electron chi connectivity index (χ3n) is 5.60. The second kappa shape index (κ2) is 6.70. The molecule has 132 valence electrons. The Morgan fingerprint density at radius 1 is 0.870 bits per heavy atom. The van der Waals surface area contributed by atoms with E-state index in [2.05, 4.69) is 27.7 Å². The van der Waals surface area contributed by atoms with Crippen LogP contribution in [0.15, 0.2) is 23.3 Å². The van der Waals surface area contributed by atoms with Gasteiger partial charge < -0.3 is 14.9 Å². The molecule has 0 fully saturated rings. The summed E-state index contributed by atoms with van der Waals surface area (Å²) in [6, 6.07) is 0. The van der Waals surface area contributed by atoms with E-state index in [4.69, 9.17) is 4.74 Å². The second-order valence-corrected chi connectivity index (χ2v) is 8.37. The van der Waals surface area contributed by atoms with Crippen LogP contribution in [0.5, 0.6) is 0 Å². The molecule has 0 aromatic carbocycles. The molecule has 3 nitrogen and oxygen atoms in total. The molecule has 0 aromatic heterocycles. The van der Waals surface area contributed by atoms with Crippen LogP contribution >= 0.6 is 0 Å². The van der Waals surface area contributed by atoms with Gasteiger partial charge in [0, 0.05) is 11.8 Å². The van der Waals surface area contributed by atoms with Gasteiger partial charge in [-0.2, -0.15) is 0 Å². The van der Waals surface area contributed by atoms with Crippen molar-refractivity contribution in [2.75, 3.05) is 0 Å². The largest absolute Gasteiger partial charge is 0.362 e. The first-order valence-corrected chi connectivity index (χ1v) is 9.09. The van der Waals surface area contributed by atoms with Gasteiger partial charge in [-0.25, -0.2) is 0 Å².